The van der Waals surface area contributed by atoms with E-state index in [1.807, 2.05) is 19.9 Å². The van der Waals surface area contributed by atoms with Crippen molar-refractivity contribution in [2.24, 2.45) is 0 Å². The van der Waals surface area contributed by atoms with Gasteiger partial charge in [0.15, 0.2) is 5.82 Å². The molecule has 0 saturated carbocycles. The van der Waals surface area contributed by atoms with Crippen LogP contribution < -0.4 is 0 Å². The normalized spacial score (nSPS) is 11.6. The minimum atomic E-state index is -0.301. The number of allylic oxidation sites excluding steroid dienone is 1. The van der Waals surface area contributed by atoms with Crippen molar-refractivity contribution < 1.29 is 13.7 Å². The molecule has 6 heteroatoms. The van der Waals surface area contributed by atoms with E-state index in [0.29, 0.717) is 30.2 Å². The number of benzene rings is 1. The van der Waals surface area contributed by atoms with Crippen LogP contribution in [0.3, 0.4) is 0 Å². The van der Waals surface area contributed by atoms with Crippen LogP contribution in [0.1, 0.15) is 32.5 Å². The van der Waals surface area contributed by atoms with Gasteiger partial charge in [0.05, 0.1) is 0 Å². The number of halogens is 1. The van der Waals surface area contributed by atoms with E-state index in [1.165, 1.54) is 12.1 Å². The summed E-state index contributed by atoms with van der Waals surface area (Å²) in [5.41, 5.74) is 1.45. The zero-order chi connectivity index (χ0) is 17.5. The van der Waals surface area contributed by atoms with Gasteiger partial charge in [-0.05, 0) is 51.0 Å². The Morgan fingerprint density at radius 1 is 1.29 bits per heavy atom. The number of amides is 1. The maximum absolute atomic E-state index is 12.9. The number of hydrogen-bond donors (Lipinski definition) is 0. The summed E-state index contributed by atoms with van der Waals surface area (Å²) in [5, 5.41) is 3.94. The van der Waals surface area contributed by atoms with Crippen molar-refractivity contribution in [2.45, 2.75) is 33.1 Å². The zero-order valence-corrected chi connectivity index (χ0v) is 14.3. The van der Waals surface area contributed by atoms with Crippen molar-refractivity contribution >= 4 is 5.91 Å². The summed E-state index contributed by atoms with van der Waals surface area (Å²) in [4.78, 5) is 17.9. The molecule has 128 valence electrons. The molecule has 0 atom stereocenters. The van der Waals surface area contributed by atoms with Crippen molar-refractivity contribution in [1.29, 1.82) is 0 Å². The molecular formula is C18H22FN3O2. The van der Waals surface area contributed by atoms with Gasteiger partial charge in [-0.25, -0.2) is 4.39 Å². The van der Waals surface area contributed by atoms with Crippen molar-refractivity contribution in [3.8, 4) is 11.5 Å². The maximum Gasteiger partial charge on any atom is 0.257 e. The molecule has 5 nitrogen and oxygen atoms in total. The topological polar surface area (TPSA) is 59.2 Å². The third kappa shape index (κ3) is 4.75. The summed E-state index contributed by atoms with van der Waals surface area (Å²) < 4.78 is 18.1. The van der Waals surface area contributed by atoms with Crippen LogP contribution in [0.25, 0.3) is 11.5 Å². The lowest BCUT2D eigenvalue weighted by Crippen LogP contribution is -2.28. The van der Waals surface area contributed by atoms with Gasteiger partial charge >= 0.3 is 0 Å². The van der Waals surface area contributed by atoms with E-state index in [4.69, 9.17) is 4.52 Å². The summed E-state index contributed by atoms with van der Waals surface area (Å²) in [7, 11) is 1.80. The molecule has 0 unspecified atom stereocenters. The quantitative estimate of drug-likeness (QED) is 0.574. The van der Waals surface area contributed by atoms with E-state index in [0.717, 1.165) is 18.4 Å². The number of carbonyl (C=O) groups is 1. The fourth-order valence-electron chi connectivity index (χ4n) is 2.22. The summed E-state index contributed by atoms with van der Waals surface area (Å²) in [6.07, 6.45) is 4.21. The molecule has 0 fully saturated rings. The third-order valence-corrected chi connectivity index (χ3v) is 3.82. The molecule has 0 radical (unpaired) electrons. The highest BCUT2D eigenvalue weighted by Crippen LogP contribution is 2.17. The number of likely N-dealkylation sites (N-methyl/N-ethyl adjacent to an activating group) is 1. The van der Waals surface area contributed by atoms with Gasteiger partial charge < -0.3 is 9.42 Å². The second-order valence-corrected chi connectivity index (χ2v) is 5.68. The van der Waals surface area contributed by atoms with Crippen LogP contribution in [0.15, 0.2) is 40.4 Å². The van der Waals surface area contributed by atoms with Gasteiger partial charge in [-0.2, -0.15) is 4.98 Å². The molecule has 0 saturated heterocycles. The van der Waals surface area contributed by atoms with Crippen LogP contribution in [0.2, 0.25) is 0 Å². The lowest BCUT2D eigenvalue weighted by Gasteiger charge is -2.16. The first-order valence-corrected chi connectivity index (χ1v) is 7.98. The Morgan fingerprint density at radius 2 is 2.00 bits per heavy atom. The van der Waals surface area contributed by atoms with Crippen LogP contribution in [0, 0.1) is 5.82 Å². The molecule has 0 aliphatic rings. The van der Waals surface area contributed by atoms with E-state index >= 15 is 0 Å². The van der Waals surface area contributed by atoms with Crippen LogP contribution >= 0.6 is 0 Å². The lowest BCUT2D eigenvalue weighted by molar-refractivity contribution is -0.125. The highest BCUT2D eigenvalue weighted by molar-refractivity contribution is 5.92. The van der Waals surface area contributed by atoms with Gasteiger partial charge in [0.1, 0.15) is 5.82 Å². The molecule has 0 aliphatic carbocycles. The van der Waals surface area contributed by atoms with Gasteiger partial charge in [0.2, 0.25) is 5.91 Å². The minimum absolute atomic E-state index is 0.0515. The highest BCUT2D eigenvalue weighted by Gasteiger charge is 2.11. The average molecular weight is 331 g/mol. The third-order valence-electron chi connectivity index (χ3n) is 3.82. The summed E-state index contributed by atoms with van der Waals surface area (Å²) >= 11 is 0. The number of unbranched alkanes of at least 4 members (excludes halogenated alkanes) is 1. The molecule has 24 heavy (non-hydrogen) atoms. The van der Waals surface area contributed by atoms with Gasteiger partial charge in [0.25, 0.3) is 5.89 Å². The van der Waals surface area contributed by atoms with Gasteiger partial charge in [-0.15, -0.1) is 0 Å². The number of carbonyl (C=O) groups excluding carboxylic acids is 1. The Bertz CT molecular complexity index is 707. The summed E-state index contributed by atoms with van der Waals surface area (Å²) in [6.45, 7) is 4.36. The molecule has 2 rings (SSSR count). The molecule has 1 amide bonds. The fraction of sp³-hybridized carbons (Fsp3) is 0.389. The first-order valence-electron chi connectivity index (χ1n) is 7.98. The Balaban J connectivity index is 1.79. The van der Waals surface area contributed by atoms with Gasteiger partial charge in [0, 0.05) is 31.1 Å². The first-order chi connectivity index (χ1) is 11.5. The molecule has 1 aromatic carbocycles. The van der Waals surface area contributed by atoms with E-state index in [1.54, 1.807) is 24.1 Å². The van der Waals surface area contributed by atoms with E-state index in [9.17, 15) is 9.18 Å². The molecular weight excluding hydrogens is 309 g/mol. The zero-order valence-electron chi connectivity index (χ0n) is 14.3. The first kappa shape index (κ1) is 17.8. The predicted molar refractivity (Wildman–Crippen MR) is 89.7 cm³/mol. The number of hydrogen-bond acceptors (Lipinski definition) is 4. The monoisotopic (exact) mass is 331 g/mol. The SMILES string of the molecule is C/C=C(\C)C(=O)N(C)CCCCc1noc(-c2ccc(F)cc2)n1. The smallest absolute Gasteiger partial charge is 0.257 e. The fourth-order valence-corrected chi connectivity index (χ4v) is 2.22. The van der Waals surface area contributed by atoms with Crippen LogP contribution in [-0.4, -0.2) is 34.5 Å². The van der Waals surface area contributed by atoms with E-state index < -0.39 is 0 Å². The van der Waals surface area contributed by atoms with Crippen LogP contribution in [0.4, 0.5) is 4.39 Å². The largest absolute Gasteiger partial charge is 0.342 e. The predicted octanol–water partition coefficient (Wildman–Crippen LogP) is 3.62. The number of rotatable bonds is 7. The highest BCUT2D eigenvalue weighted by atomic mass is 19.1. The van der Waals surface area contributed by atoms with Crippen molar-refractivity contribution in [2.75, 3.05) is 13.6 Å². The molecule has 0 N–H and O–H groups in total. The molecule has 0 aliphatic heterocycles. The van der Waals surface area contributed by atoms with E-state index in [-0.39, 0.29) is 11.7 Å². The lowest BCUT2D eigenvalue weighted by atomic mass is 10.2. The standard InChI is InChI=1S/C18H22FN3O2/c1-4-13(2)18(23)22(3)12-6-5-7-16-20-17(24-21-16)14-8-10-15(19)11-9-14/h4,8-11H,5-7,12H2,1-3H3/b13-4+. The van der Waals surface area contributed by atoms with E-state index in [2.05, 4.69) is 10.1 Å². The Morgan fingerprint density at radius 3 is 2.67 bits per heavy atom. The summed E-state index contributed by atoms with van der Waals surface area (Å²) in [5.74, 6) is 0.759. The number of nitrogens with zero attached hydrogens (tertiary/aromatic N) is 3. The molecule has 1 aromatic heterocycles. The Kier molecular flexibility index (Phi) is 6.23. The van der Waals surface area contributed by atoms with Crippen LogP contribution in [-0.2, 0) is 11.2 Å². The van der Waals surface area contributed by atoms with Crippen molar-refractivity contribution in [1.82, 2.24) is 15.0 Å². The van der Waals surface area contributed by atoms with Crippen molar-refractivity contribution in [3.05, 3.63) is 47.6 Å². The molecule has 2 aromatic rings. The molecule has 0 spiro atoms. The average Bonchev–Trinajstić information content (AvgIpc) is 3.06. The number of aryl methyl sites for hydroxylation is 1. The second kappa shape index (κ2) is 8.38. The van der Waals surface area contributed by atoms with Gasteiger partial charge in [-0.1, -0.05) is 11.2 Å². The minimum Gasteiger partial charge on any atom is -0.342 e. The Labute approximate surface area is 141 Å². The summed E-state index contributed by atoms with van der Waals surface area (Å²) in [6, 6.07) is 5.94. The maximum atomic E-state index is 12.9. The van der Waals surface area contributed by atoms with Gasteiger partial charge in [-0.3, -0.25) is 4.79 Å². The molecule has 0 bridgehead atoms. The number of aromatic nitrogens is 2. The molecule has 1 heterocycles. The Hall–Kier alpha value is -2.50. The van der Waals surface area contributed by atoms with Crippen molar-refractivity contribution in [3.63, 3.8) is 0 Å². The second-order valence-electron chi connectivity index (χ2n) is 5.68. The van der Waals surface area contributed by atoms with Crippen LogP contribution in [0.5, 0.6) is 0 Å².